The minimum atomic E-state index is -3.55. The molecule has 0 spiro atoms. The van der Waals surface area contributed by atoms with E-state index in [1.165, 1.54) is 24.3 Å². The van der Waals surface area contributed by atoms with Crippen LogP contribution in [0.3, 0.4) is 0 Å². The zero-order valence-corrected chi connectivity index (χ0v) is 13.2. The van der Waals surface area contributed by atoms with Crippen LogP contribution in [0.2, 0.25) is 0 Å². The van der Waals surface area contributed by atoms with Gasteiger partial charge >= 0.3 is 0 Å². The number of benzene rings is 2. The van der Waals surface area contributed by atoms with Crippen LogP contribution in [0.1, 0.15) is 24.1 Å². The summed E-state index contributed by atoms with van der Waals surface area (Å²) >= 11 is 0. The fourth-order valence-electron chi connectivity index (χ4n) is 2.20. The van der Waals surface area contributed by atoms with Gasteiger partial charge in [0.2, 0.25) is 10.0 Å². The van der Waals surface area contributed by atoms with Gasteiger partial charge in [0, 0.05) is 11.6 Å². The average Bonchev–Trinajstić information content (AvgIpc) is 2.48. The monoisotopic (exact) mass is 323 g/mol. The minimum absolute atomic E-state index is 0.202. The van der Waals surface area contributed by atoms with E-state index >= 15 is 0 Å². The molecule has 1 atom stereocenters. The molecule has 0 aliphatic heterocycles. The summed E-state index contributed by atoms with van der Waals surface area (Å²) in [6, 6.07) is 12.2. The lowest BCUT2D eigenvalue weighted by atomic mass is 10.1. The maximum absolute atomic E-state index is 12.9. The number of rotatable bonds is 6. The van der Waals surface area contributed by atoms with Crippen molar-refractivity contribution < 1.29 is 17.5 Å². The Labute approximate surface area is 130 Å². The highest BCUT2D eigenvalue weighted by atomic mass is 32.2. The molecule has 0 unspecified atom stereocenters. The summed E-state index contributed by atoms with van der Waals surface area (Å²) in [5.74, 6) is 0.0308. The number of hydrogen-bond acceptors (Lipinski definition) is 3. The van der Waals surface area contributed by atoms with Crippen LogP contribution >= 0.6 is 0 Å². The van der Waals surface area contributed by atoms with Crippen molar-refractivity contribution in [1.29, 1.82) is 0 Å². The van der Waals surface area contributed by atoms with Crippen molar-refractivity contribution in [2.24, 2.45) is 0 Å². The third kappa shape index (κ3) is 4.29. The Morgan fingerprint density at radius 2 is 1.77 bits per heavy atom. The second-order valence-electron chi connectivity index (χ2n) is 4.97. The number of nitrogens with one attached hydrogen (secondary N) is 1. The van der Waals surface area contributed by atoms with Crippen molar-refractivity contribution in [1.82, 2.24) is 4.72 Å². The molecular formula is C16H18FNO3S. The lowest BCUT2D eigenvalue weighted by molar-refractivity contribution is 0.405. The van der Waals surface area contributed by atoms with E-state index in [2.05, 4.69) is 4.72 Å². The third-order valence-electron chi connectivity index (χ3n) is 3.23. The Morgan fingerprint density at radius 1 is 1.14 bits per heavy atom. The van der Waals surface area contributed by atoms with Gasteiger partial charge in [0.05, 0.1) is 12.9 Å². The number of para-hydroxylation sites is 1. The summed E-state index contributed by atoms with van der Waals surface area (Å²) in [5.41, 5.74) is 1.29. The molecule has 118 valence electrons. The molecule has 2 aromatic rings. The second-order valence-corrected chi connectivity index (χ2v) is 6.72. The molecule has 0 bridgehead atoms. The van der Waals surface area contributed by atoms with E-state index < -0.39 is 21.9 Å². The van der Waals surface area contributed by atoms with Crippen LogP contribution in [0.15, 0.2) is 48.5 Å². The van der Waals surface area contributed by atoms with Gasteiger partial charge in [-0.3, -0.25) is 0 Å². The number of halogens is 1. The summed E-state index contributed by atoms with van der Waals surface area (Å²) in [7, 11) is -2.01. The van der Waals surface area contributed by atoms with Gasteiger partial charge in [-0.25, -0.2) is 17.5 Å². The molecule has 0 saturated heterocycles. The fourth-order valence-corrected chi connectivity index (χ4v) is 3.58. The molecule has 0 fully saturated rings. The smallest absolute Gasteiger partial charge is 0.216 e. The van der Waals surface area contributed by atoms with Crippen molar-refractivity contribution in [3.8, 4) is 5.75 Å². The highest BCUT2D eigenvalue weighted by Gasteiger charge is 2.18. The van der Waals surface area contributed by atoms with Crippen LogP contribution in [-0.2, 0) is 15.8 Å². The molecule has 0 aromatic heterocycles. The normalized spacial score (nSPS) is 12.9. The van der Waals surface area contributed by atoms with E-state index in [0.717, 1.165) is 5.56 Å². The number of methoxy groups -OCH3 is 1. The first-order valence-corrected chi connectivity index (χ1v) is 8.44. The van der Waals surface area contributed by atoms with Gasteiger partial charge in [0.15, 0.2) is 0 Å². The highest BCUT2D eigenvalue weighted by Crippen LogP contribution is 2.25. The van der Waals surface area contributed by atoms with Crippen LogP contribution in [0.4, 0.5) is 4.39 Å². The first-order valence-electron chi connectivity index (χ1n) is 6.78. The largest absolute Gasteiger partial charge is 0.496 e. The van der Waals surface area contributed by atoms with Crippen molar-refractivity contribution >= 4 is 10.0 Å². The molecule has 4 nitrogen and oxygen atoms in total. The Bertz CT molecular complexity index is 729. The molecule has 0 aliphatic carbocycles. The van der Waals surface area contributed by atoms with Gasteiger partial charge in [0.1, 0.15) is 11.6 Å². The predicted octanol–water partition coefficient (Wildman–Crippen LogP) is 3.01. The van der Waals surface area contributed by atoms with Crippen LogP contribution in [0, 0.1) is 5.82 Å². The highest BCUT2D eigenvalue weighted by molar-refractivity contribution is 7.88. The minimum Gasteiger partial charge on any atom is -0.496 e. The molecule has 0 heterocycles. The van der Waals surface area contributed by atoms with Gasteiger partial charge in [-0.1, -0.05) is 30.3 Å². The molecule has 0 radical (unpaired) electrons. The molecule has 2 aromatic carbocycles. The Morgan fingerprint density at radius 3 is 2.41 bits per heavy atom. The molecule has 0 saturated carbocycles. The fraction of sp³-hybridized carbons (Fsp3) is 0.250. The lowest BCUT2D eigenvalue weighted by Crippen LogP contribution is -2.28. The second kappa shape index (κ2) is 6.89. The summed E-state index contributed by atoms with van der Waals surface area (Å²) in [6.45, 7) is 1.75. The van der Waals surface area contributed by atoms with Crippen LogP contribution in [0.25, 0.3) is 0 Å². The summed E-state index contributed by atoms with van der Waals surface area (Å²) < 4.78 is 45.1. The van der Waals surface area contributed by atoms with Crippen LogP contribution in [0.5, 0.6) is 5.75 Å². The number of hydrogen-bond donors (Lipinski definition) is 1. The zero-order chi connectivity index (χ0) is 16.2. The van der Waals surface area contributed by atoms with Crippen molar-refractivity contribution in [3.63, 3.8) is 0 Å². The maximum Gasteiger partial charge on any atom is 0.216 e. The van der Waals surface area contributed by atoms with E-state index in [9.17, 15) is 12.8 Å². The van der Waals surface area contributed by atoms with Crippen molar-refractivity contribution in [2.75, 3.05) is 7.11 Å². The van der Waals surface area contributed by atoms with Crippen LogP contribution in [-0.4, -0.2) is 15.5 Å². The van der Waals surface area contributed by atoms with Gasteiger partial charge in [-0.2, -0.15) is 0 Å². The summed E-state index contributed by atoms with van der Waals surface area (Å²) in [6.07, 6.45) is 0. The van der Waals surface area contributed by atoms with Crippen molar-refractivity contribution in [3.05, 3.63) is 65.5 Å². The Balaban J connectivity index is 2.12. The Kier molecular flexibility index (Phi) is 5.15. The van der Waals surface area contributed by atoms with E-state index in [4.69, 9.17) is 4.74 Å². The quantitative estimate of drug-likeness (QED) is 0.889. The molecule has 0 amide bonds. The van der Waals surface area contributed by atoms with E-state index in [1.807, 2.05) is 18.2 Å². The first-order chi connectivity index (χ1) is 10.4. The van der Waals surface area contributed by atoms with E-state index in [-0.39, 0.29) is 5.75 Å². The topological polar surface area (TPSA) is 55.4 Å². The molecule has 22 heavy (non-hydrogen) atoms. The third-order valence-corrected chi connectivity index (χ3v) is 4.66. The summed E-state index contributed by atoms with van der Waals surface area (Å²) in [4.78, 5) is 0. The summed E-state index contributed by atoms with van der Waals surface area (Å²) in [5, 5.41) is 0. The molecule has 1 N–H and O–H groups in total. The Hall–Kier alpha value is -1.92. The average molecular weight is 323 g/mol. The van der Waals surface area contributed by atoms with Gasteiger partial charge in [-0.05, 0) is 30.7 Å². The molecule has 0 aliphatic rings. The van der Waals surface area contributed by atoms with E-state index in [0.29, 0.717) is 11.3 Å². The van der Waals surface area contributed by atoms with Gasteiger partial charge < -0.3 is 4.74 Å². The van der Waals surface area contributed by atoms with Crippen LogP contribution < -0.4 is 9.46 Å². The maximum atomic E-state index is 12.9. The SMILES string of the molecule is COc1ccccc1[C@H](C)NS(=O)(=O)Cc1ccc(F)cc1. The predicted molar refractivity (Wildman–Crippen MR) is 83.6 cm³/mol. The number of ether oxygens (including phenoxy) is 1. The lowest BCUT2D eigenvalue weighted by Gasteiger charge is -2.17. The standard InChI is InChI=1S/C16H18FNO3S/c1-12(15-5-3-4-6-16(15)21-2)18-22(19,20)11-13-7-9-14(17)10-8-13/h3-10,12,18H,11H2,1-2H3/t12-/m0/s1. The van der Waals surface area contributed by atoms with Gasteiger partial charge in [-0.15, -0.1) is 0 Å². The molecule has 6 heteroatoms. The molecule has 2 rings (SSSR count). The zero-order valence-electron chi connectivity index (χ0n) is 12.4. The first kappa shape index (κ1) is 16.5. The van der Waals surface area contributed by atoms with E-state index in [1.54, 1.807) is 20.1 Å². The van der Waals surface area contributed by atoms with Crippen molar-refractivity contribution in [2.45, 2.75) is 18.7 Å². The molecular weight excluding hydrogens is 305 g/mol. The van der Waals surface area contributed by atoms with Gasteiger partial charge in [0.25, 0.3) is 0 Å². The number of sulfonamides is 1.